The van der Waals surface area contributed by atoms with E-state index in [2.05, 4.69) is 0 Å². The van der Waals surface area contributed by atoms with E-state index in [1.807, 2.05) is 51.1 Å². The molecule has 1 atom stereocenters. The van der Waals surface area contributed by atoms with Crippen LogP contribution in [0.4, 0.5) is 0 Å². The molecule has 0 saturated heterocycles. The molecule has 0 radical (unpaired) electrons. The fourth-order valence-corrected chi connectivity index (χ4v) is 1.48. The third kappa shape index (κ3) is 3.78. The van der Waals surface area contributed by atoms with Gasteiger partial charge in [0.15, 0.2) is 0 Å². The van der Waals surface area contributed by atoms with E-state index in [-0.39, 0.29) is 11.2 Å². The third-order valence-electron chi connectivity index (χ3n) is 2.67. The second-order valence-corrected chi connectivity index (χ2v) is 5.14. The Morgan fingerprint density at radius 3 is 2.31 bits per heavy atom. The van der Waals surface area contributed by atoms with Crippen LogP contribution < -0.4 is 0 Å². The summed E-state index contributed by atoms with van der Waals surface area (Å²) in [5, 5.41) is 9.88. The molecular formula is C14H20O2. The lowest BCUT2D eigenvalue weighted by Gasteiger charge is -2.18. The number of carbonyl (C=O) groups excluding carboxylic acids is 1. The van der Waals surface area contributed by atoms with Gasteiger partial charge in [0, 0.05) is 11.8 Å². The van der Waals surface area contributed by atoms with Gasteiger partial charge in [0.2, 0.25) is 0 Å². The summed E-state index contributed by atoms with van der Waals surface area (Å²) in [5.74, 6) is 0.197. The first-order chi connectivity index (χ1) is 7.41. The van der Waals surface area contributed by atoms with Crippen molar-refractivity contribution < 1.29 is 9.90 Å². The number of Topliss-reactive ketones (excluding diaryl/α,β-unsaturated/α-hetero) is 1. The van der Waals surface area contributed by atoms with E-state index in [0.29, 0.717) is 12.8 Å². The summed E-state index contributed by atoms with van der Waals surface area (Å²) >= 11 is 0. The van der Waals surface area contributed by atoms with Crippen molar-refractivity contribution in [3.05, 3.63) is 35.9 Å². The van der Waals surface area contributed by atoms with Gasteiger partial charge in [-0.15, -0.1) is 0 Å². The molecule has 1 rings (SSSR count). The van der Waals surface area contributed by atoms with Crippen LogP contribution in [0.25, 0.3) is 0 Å². The van der Waals surface area contributed by atoms with Crippen molar-refractivity contribution in [3.8, 4) is 0 Å². The summed E-state index contributed by atoms with van der Waals surface area (Å²) in [5.41, 5.74) is 0.570. The minimum atomic E-state index is -0.535. The Balaban J connectivity index is 2.48. The number of carbonyl (C=O) groups is 1. The normalized spacial score (nSPS) is 13.5. The highest BCUT2D eigenvalue weighted by Crippen LogP contribution is 2.23. The van der Waals surface area contributed by atoms with Crippen molar-refractivity contribution >= 4 is 5.78 Å². The van der Waals surface area contributed by atoms with Gasteiger partial charge in [0.1, 0.15) is 5.78 Å². The van der Waals surface area contributed by atoms with Gasteiger partial charge >= 0.3 is 0 Å². The quantitative estimate of drug-likeness (QED) is 0.846. The number of ketones is 1. The van der Waals surface area contributed by atoms with Crippen LogP contribution in [0.15, 0.2) is 30.3 Å². The number of aliphatic hydroxyl groups is 1. The van der Waals surface area contributed by atoms with Crippen molar-refractivity contribution in [2.45, 2.75) is 39.7 Å². The molecule has 0 heterocycles. The molecule has 0 fully saturated rings. The Bertz CT molecular complexity index is 336. The molecule has 0 aliphatic heterocycles. The lowest BCUT2D eigenvalue weighted by atomic mass is 9.87. The predicted octanol–water partition coefficient (Wildman–Crippen LogP) is 3.12. The topological polar surface area (TPSA) is 37.3 Å². The second kappa shape index (κ2) is 5.26. The molecule has 0 spiro atoms. The molecule has 0 aromatic heterocycles. The summed E-state index contributed by atoms with van der Waals surface area (Å²) in [6, 6.07) is 9.46. The molecule has 88 valence electrons. The zero-order chi connectivity index (χ0) is 12.2. The minimum Gasteiger partial charge on any atom is -0.388 e. The number of hydrogen-bond donors (Lipinski definition) is 1. The fraction of sp³-hybridized carbons (Fsp3) is 0.500. The Kier molecular flexibility index (Phi) is 4.25. The monoisotopic (exact) mass is 220 g/mol. The van der Waals surface area contributed by atoms with E-state index in [1.54, 1.807) is 0 Å². The number of aliphatic hydroxyl groups excluding tert-OH is 1. The molecule has 2 nitrogen and oxygen atoms in total. The van der Waals surface area contributed by atoms with Crippen molar-refractivity contribution in [2.24, 2.45) is 5.41 Å². The van der Waals surface area contributed by atoms with Crippen molar-refractivity contribution in [1.82, 2.24) is 0 Å². The predicted molar refractivity (Wildman–Crippen MR) is 65.1 cm³/mol. The molecule has 1 N–H and O–H groups in total. The maximum absolute atomic E-state index is 11.7. The van der Waals surface area contributed by atoms with E-state index in [4.69, 9.17) is 0 Å². The average Bonchev–Trinajstić information content (AvgIpc) is 2.25. The van der Waals surface area contributed by atoms with Crippen LogP contribution in [0.2, 0.25) is 0 Å². The SMILES string of the molecule is CC(C)(C)C(=O)CCC(O)c1ccccc1. The van der Waals surface area contributed by atoms with Crippen molar-refractivity contribution in [2.75, 3.05) is 0 Å². The molecule has 0 bridgehead atoms. The molecule has 1 aromatic rings. The Labute approximate surface area is 97.3 Å². The van der Waals surface area contributed by atoms with Gasteiger partial charge in [0.05, 0.1) is 6.10 Å². The van der Waals surface area contributed by atoms with Crippen LogP contribution >= 0.6 is 0 Å². The van der Waals surface area contributed by atoms with Crippen LogP contribution in [0.1, 0.15) is 45.3 Å². The second-order valence-electron chi connectivity index (χ2n) is 5.14. The number of benzene rings is 1. The fourth-order valence-electron chi connectivity index (χ4n) is 1.48. The largest absolute Gasteiger partial charge is 0.388 e. The molecule has 0 amide bonds. The van der Waals surface area contributed by atoms with Gasteiger partial charge in [-0.25, -0.2) is 0 Å². The summed E-state index contributed by atoms with van der Waals surface area (Å²) in [4.78, 5) is 11.7. The van der Waals surface area contributed by atoms with Gasteiger partial charge in [-0.1, -0.05) is 51.1 Å². The summed E-state index contributed by atoms with van der Waals surface area (Å²) < 4.78 is 0. The zero-order valence-electron chi connectivity index (χ0n) is 10.2. The molecule has 0 saturated carbocycles. The maximum Gasteiger partial charge on any atom is 0.138 e. The summed E-state index contributed by atoms with van der Waals surface area (Å²) in [6.45, 7) is 5.72. The maximum atomic E-state index is 11.7. The molecule has 0 aliphatic carbocycles. The number of hydrogen-bond acceptors (Lipinski definition) is 2. The van der Waals surface area contributed by atoms with E-state index >= 15 is 0 Å². The van der Waals surface area contributed by atoms with Gasteiger partial charge in [-0.2, -0.15) is 0 Å². The molecule has 1 aromatic carbocycles. The van der Waals surface area contributed by atoms with E-state index < -0.39 is 6.10 Å². The van der Waals surface area contributed by atoms with Crippen LogP contribution in [0.5, 0.6) is 0 Å². The Morgan fingerprint density at radius 2 is 1.81 bits per heavy atom. The van der Waals surface area contributed by atoms with Crippen LogP contribution in [-0.4, -0.2) is 10.9 Å². The Hall–Kier alpha value is -1.15. The summed E-state index contributed by atoms with van der Waals surface area (Å²) in [7, 11) is 0. The van der Waals surface area contributed by atoms with Gasteiger partial charge < -0.3 is 5.11 Å². The average molecular weight is 220 g/mol. The van der Waals surface area contributed by atoms with E-state index in [0.717, 1.165) is 5.56 Å². The first-order valence-corrected chi connectivity index (χ1v) is 5.67. The highest BCUT2D eigenvalue weighted by Gasteiger charge is 2.21. The van der Waals surface area contributed by atoms with Crippen LogP contribution in [-0.2, 0) is 4.79 Å². The highest BCUT2D eigenvalue weighted by molar-refractivity contribution is 5.83. The van der Waals surface area contributed by atoms with E-state index in [1.165, 1.54) is 0 Å². The molecule has 2 heteroatoms. The lowest BCUT2D eigenvalue weighted by molar-refractivity contribution is -0.126. The van der Waals surface area contributed by atoms with Gasteiger partial charge in [0.25, 0.3) is 0 Å². The third-order valence-corrected chi connectivity index (χ3v) is 2.67. The van der Waals surface area contributed by atoms with Crippen molar-refractivity contribution in [1.29, 1.82) is 0 Å². The van der Waals surface area contributed by atoms with Crippen LogP contribution in [0.3, 0.4) is 0 Å². The standard InChI is InChI=1S/C14H20O2/c1-14(2,3)13(16)10-9-12(15)11-7-5-4-6-8-11/h4-8,12,15H,9-10H2,1-3H3. The first-order valence-electron chi connectivity index (χ1n) is 5.67. The van der Waals surface area contributed by atoms with Crippen molar-refractivity contribution in [3.63, 3.8) is 0 Å². The van der Waals surface area contributed by atoms with Crippen LogP contribution in [0, 0.1) is 5.41 Å². The highest BCUT2D eigenvalue weighted by atomic mass is 16.3. The lowest BCUT2D eigenvalue weighted by Crippen LogP contribution is -2.20. The molecule has 16 heavy (non-hydrogen) atoms. The smallest absolute Gasteiger partial charge is 0.138 e. The van der Waals surface area contributed by atoms with E-state index in [9.17, 15) is 9.90 Å². The number of rotatable bonds is 4. The zero-order valence-corrected chi connectivity index (χ0v) is 10.2. The van der Waals surface area contributed by atoms with Gasteiger partial charge in [-0.05, 0) is 12.0 Å². The first kappa shape index (κ1) is 12.9. The Morgan fingerprint density at radius 1 is 1.25 bits per heavy atom. The molecule has 1 unspecified atom stereocenters. The minimum absolute atomic E-state index is 0.197. The summed E-state index contributed by atoms with van der Waals surface area (Å²) in [6.07, 6.45) is 0.396. The van der Waals surface area contributed by atoms with Gasteiger partial charge in [-0.3, -0.25) is 4.79 Å². The molecule has 0 aliphatic rings. The molecular weight excluding hydrogens is 200 g/mol.